The van der Waals surface area contributed by atoms with Crippen LogP contribution < -0.4 is 0 Å². The lowest BCUT2D eigenvalue weighted by Crippen LogP contribution is -2.08. The molecule has 0 N–H and O–H groups in total. The molecule has 0 radical (unpaired) electrons. The Labute approximate surface area is 127 Å². The van der Waals surface area contributed by atoms with Crippen molar-refractivity contribution in [1.82, 2.24) is 0 Å². The Bertz CT molecular complexity index is 584. The van der Waals surface area contributed by atoms with Crippen LogP contribution in [0.15, 0.2) is 57.5 Å². The number of alkyl halides is 1. The minimum atomic E-state index is -0.695. The van der Waals surface area contributed by atoms with Gasteiger partial charge >= 0.3 is 0 Å². The fraction of sp³-hybridized carbons (Fsp3) is 0.0714. The van der Waals surface area contributed by atoms with Crippen LogP contribution in [0.3, 0.4) is 0 Å². The van der Waals surface area contributed by atoms with Crippen molar-refractivity contribution in [3.63, 3.8) is 0 Å². The van der Waals surface area contributed by atoms with Gasteiger partial charge in [0.2, 0.25) is 0 Å². The standard InChI is InChI=1S/C14H9Br2ClO/c15-11-7-3-1-5-9(11)13(17)14(18)10-6-2-4-8-12(10)16/h1-8,13H. The van der Waals surface area contributed by atoms with Crippen molar-refractivity contribution >= 4 is 49.2 Å². The van der Waals surface area contributed by atoms with Crippen molar-refractivity contribution in [2.45, 2.75) is 5.38 Å². The van der Waals surface area contributed by atoms with Gasteiger partial charge in [-0.3, -0.25) is 4.79 Å². The average Bonchev–Trinajstić information content (AvgIpc) is 2.38. The van der Waals surface area contributed by atoms with E-state index >= 15 is 0 Å². The normalized spacial score (nSPS) is 12.2. The number of Topliss-reactive ketones (excluding diaryl/α,β-unsaturated/α-hetero) is 1. The van der Waals surface area contributed by atoms with Crippen LogP contribution >= 0.6 is 43.5 Å². The zero-order valence-electron chi connectivity index (χ0n) is 9.24. The molecule has 0 saturated heterocycles. The second-order valence-corrected chi connectivity index (χ2v) is 5.87. The fourth-order valence-corrected chi connectivity index (χ4v) is 3.05. The molecule has 18 heavy (non-hydrogen) atoms. The molecule has 0 aliphatic heterocycles. The zero-order valence-corrected chi connectivity index (χ0v) is 13.2. The minimum absolute atomic E-state index is 0.115. The number of halogens is 3. The molecule has 0 heterocycles. The van der Waals surface area contributed by atoms with Crippen molar-refractivity contribution in [3.8, 4) is 0 Å². The van der Waals surface area contributed by atoms with Gasteiger partial charge in [-0.2, -0.15) is 0 Å². The summed E-state index contributed by atoms with van der Waals surface area (Å²) >= 11 is 13.0. The predicted octanol–water partition coefficient (Wildman–Crippen LogP) is 5.37. The molecule has 4 heteroatoms. The summed E-state index contributed by atoms with van der Waals surface area (Å²) in [7, 11) is 0. The van der Waals surface area contributed by atoms with E-state index in [0.717, 1.165) is 14.5 Å². The molecule has 0 bridgehead atoms. The Balaban J connectivity index is 2.36. The molecule has 0 aromatic heterocycles. The first-order chi connectivity index (χ1) is 8.61. The highest BCUT2D eigenvalue weighted by Crippen LogP contribution is 2.32. The molecule has 2 rings (SSSR count). The summed E-state index contributed by atoms with van der Waals surface area (Å²) in [6.07, 6.45) is 0. The van der Waals surface area contributed by atoms with Crippen molar-refractivity contribution in [1.29, 1.82) is 0 Å². The van der Waals surface area contributed by atoms with Gasteiger partial charge in [0.15, 0.2) is 5.78 Å². The molecule has 2 aromatic carbocycles. The number of hydrogen-bond acceptors (Lipinski definition) is 1. The number of benzene rings is 2. The summed E-state index contributed by atoms with van der Waals surface area (Å²) in [5.74, 6) is -0.115. The Morgan fingerprint density at radius 2 is 1.50 bits per heavy atom. The van der Waals surface area contributed by atoms with E-state index in [0.29, 0.717) is 5.56 Å². The van der Waals surface area contributed by atoms with Crippen molar-refractivity contribution in [2.24, 2.45) is 0 Å². The highest BCUT2D eigenvalue weighted by atomic mass is 79.9. The number of carbonyl (C=O) groups excluding carboxylic acids is 1. The van der Waals surface area contributed by atoms with Crippen LogP contribution in [0.25, 0.3) is 0 Å². The van der Waals surface area contributed by atoms with E-state index in [1.165, 1.54) is 0 Å². The monoisotopic (exact) mass is 386 g/mol. The van der Waals surface area contributed by atoms with Crippen LogP contribution in [-0.4, -0.2) is 5.78 Å². The molecule has 1 unspecified atom stereocenters. The van der Waals surface area contributed by atoms with E-state index in [1.54, 1.807) is 6.07 Å². The summed E-state index contributed by atoms with van der Waals surface area (Å²) in [5.41, 5.74) is 1.37. The quantitative estimate of drug-likeness (QED) is 0.510. The minimum Gasteiger partial charge on any atom is -0.292 e. The van der Waals surface area contributed by atoms with Crippen LogP contribution in [0.4, 0.5) is 0 Å². The molecule has 2 aromatic rings. The highest BCUT2D eigenvalue weighted by Gasteiger charge is 2.22. The maximum Gasteiger partial charge on any atom is 0.186 e. The molecule has 0 aliphatic carbocycles. The van der Waals surface area contributed by atoms with Gasteiger partial charge in [-0.1, -0.05) is 68.3 Å². The van der Waals surface area contributed by atoms with E-state index in [2.05, 4.69) is 31.9 Å². The molecule has 0 spiro atoms. The molecule has 0 aliphatic rings. The number of rotatable bonds is 3. The van der Waals surface area contributed by atoms with Gasteiger partial charge in [-0.05, 0) is 17.7 Å². The highest BCUT2D eigenvalue weighted by molar-refractivity contribution is 9.10. The van der Waals surface area contributed by atoms with E-state index in [-0.39, 0.29) is 5.78 Å². The van der Waals surface area contributed by atoms with E-state index < -0.39 is 5.38 Å². The Kier molecular flexibility index (Phi) is 4.60. The van der Waals surface area contributed by atoms with Gasteiger partial charge in [0.1, 0.15) is 5.38 Å². The maximum atomic E-state index is 12.3. The second-order valence-electron chi connectivity index (χ2n) is 3.73. The molecule has 0 fully saturated rings. The van der Waals surface area contributed by atoms with Crippen LogP contribution in [0.1, 0.15) is 21.3 Å². The first-order valence-electron chi connectivity index (χ1n) is 5.28. The molecule has 92 valence electrons. The maximum absolute atomic E-state index is 12.3. The first-order valence-corrected chi connectivity index (χ1v) is 7.30. The smallest absolute Gasteiger partial charge is 0.186 e. The Morgan fingerprint density at radius 3 is 2.11 bits per heavy atom. The average molecular weight is 388 g/mol. The van der Waals surface area contributed by atoms with Crippen molar-refractivity contribution in [3.05, 3.63) is 68.6 Å². The molecule has 0 saturated carbocycles. The van der Waals surface area contributed by atoms with Crippen LogP contribution in [0.2, 0.25) is 0 Å². The molecular weight excluding hydrogens is 379 g/mol. The number of ketones is 1. The van der Waals surface area contributed by atoms with Crippen LogP contribution in [-0.2, 0) is 0 Å². The molecule has 1 atom stereocenters. The number of carbonyl (C=O) groups is 1. The van der Waals surface area contributed by atoms with Gasteiger partial charge in [0, 0.05) is 14.5 Å². The molecular formula is C14H9Br2ClO. The SMILES string of the molecule is O=C(c1ccccc1Br)C(Cl)c1ccccc1Br. The van der Waals surface area contributed by atoms with Crippen LogP contribution in [0, 0.1) is 0 Å². The van der Waals surface area contributed by atoms with Crippen molar-refractivity contribution < 1.29 is 4.79 Å². The summed E-state index contributed by atoms with van der Waals surface area (Å²) in [6.45, 7) is 0. The lowest BCUT2D eigenvalue weighted by atomic mass is 10.0. The van der Waals surface area contributed by atoms with Gasteiger partial charge in [0.05, 0.1) is 0 Å². The Morgan fingerprint density at radius 1 is 0.944 bits per heavy atom. The number of hydrogen-bond donors (Lipinski definition) is 0. The van der Waals surface area contributed by atoms with Crippen molar-refractivity contribution in [2.75, 3.05) is 0 Å². The summed E-state index contributed by atoms with van der Waals surface area (Å²) < 4.78 is 1.60. The third kappa shape index (κ3) is 2.85. The van der Waals surface area contributed by atoms with Gasteiger partial charge in [0.25, 0.3) is 0 Å². The second kappa shape index (κ2) is 6.00. The summed E-state index contributed by atoms with van der Waals surface area (Å²) in [6, 6.07) is 14.7. The fourth-order valence-electron chi connectivity index (χ4n) is 1.62. The third-order valence-corrected chi connectivity index (χ3v) is 4.39. The third-order valence-electron chi connectivity index (χ3n) is 2.55. The molecule has 0 amide bonds. The van der Waals surface area contributed by atoms with Gasteiger partial charge in [-0.25, -0.2) is 0 Å². The summed E-state index contributed by atoms with van der Waals surface area (Å²) in [4.78, 5) is 12.3. The summed E-state index contributed by atoms with van der Waals surface area (Å²) in [5, 5.41) is -0.695. The topological polar surface area (TPSA) is 17.1 Å². The van der Waals surface area contributed by atoms with Gasteiger partial charge in [-0.15, -0.1) is 11.6 Å². The predicted molar refractivity (Wildman–Crippen MR) is 81.2 cm³/mol. The lowest BCUT2D eigenvalue weighted by Gasteiger charge is -2.11. The zero-order chi connectivity index (χ0) is 13.1. The Hall–Kier alpha value is -0.640. The van der Waals surface area contributed by atoms with E-state index in [4.69, 9.17) is 11.6 Å². The molecule has 1 nitrogen and oxygen atoms in total. The van der Waals surface area contributed by atoms with E-state index in [1.807, 2.05) is 42.5 Å². The first kappa shape index (κ1) is 13.8. The van der Waals surface area contributed by atoms with Crippen LogP contribution in [0.5, 0.6) is 0 Å². The lowest BCUT2D eigenvalue weighted by molar-refractivity contribution is 0.0986. The largest absolute Gasteiger partial charge is 0.292 e. The van der Waals surface area contributed by atoms with E-state index in [9.17, 15) is 4.79 Å². The van der Waals surface area contributed by atoms with Gasteiger partial charge < -0.3 is 0 Å².